The molecule has 20 heavy (non-hydrogen) atoms. The molecule has 2 rings (SSSR count). The molecule has 0 aliphatic heterocycles. The maximum absolute atomic E-state index is 5.23. The van der Waals surface area contributed by atoms with E-state index in [2.05, 4.69) is 40.1 Å². The second kappa shape index (κ2) is 7.36. The van der Waals surface area contributed by atoms with Gasteiger partial charge in [0.15, 0.2) is 5.11 Å². The van der Waals surface area contributed by atoms with Crippen LogP contribution in [0.4, 0.5) is 0 Å². The number of hydrazone groups is 1. The summed E-state index contributed by atoms with van der Waals surface area (Å²) < 4.78 is 5.06. The number of hydrogen-bond donors (Lipinski definition) is 2. The molecule has 0 aromatic heterocycles. The molecule has 2 N–H and O–H groups in total. The third kappa shape index (κ3) is 4.02. The normalized spacial score (nSPS) is 17.4. The lowest BCUT2D eigenvalue weighted by molar-refractivity contribution is 0.179. The summed E-state index contributed by atoms with van der Waals surface area (Å²) in [6, 6.07) is 8.59. The zero-order chi connectivity index (χ0) is 14.4. The van der Waals surface area contributed by atoms with E-state index in [1.54, 1.807) is 7.11 Å². The SMILES string of the molecule is COC[C@H](C)NC(=S)N/N=C1/CCCc2ccccc21. The van der Waals surface area contributed by atoms with Crippen LogP contribution in [0.5, 0.6) is 0 Å². The van der Waals surface area contributed by atoms with Crippen molar-refractivity contribution in [3.05, 3.63) is 35.4 Å². The number of benzene rings is 1. The summed E-state index contributed by atoms with van der Waals surface area (Å²) in [4.78, 5) is 0. The Labute approximate surface area is 125 Å². The van der Waals surface area contributed by atoms with Crippen LogP contribution < -0.4 is 10.7 Å². The third-order valence-electron chi connectivity index (χ3n) is 3.27. The summed E-state index contributed by atoms with van der Waals surface area (Å²) in [5.74, 6) is 0. The van der Waals surface area contributed by atoms with Gasteiger partial charge < -0.3 is 10.1 Å². The molecule has 0 saturated heterocycles. The van der Waals surface area contributed by atoms with Gasteiger partial charge in [0.2, 0.25) is 0 Å². The lowest BCUT2D eigenvalue weighted by Crippen LogP contribution is -2.41. The molecule has 0 radical (unpaired) electrons. The van der Waals surface area contributed by atoms with Gasteiger partial charge >= 0.3 is 0 Å². The molecule has 0 unspecified atom stereocenters. The predicted octanol–water partition coefficient (Wildman–Crippen LogP) is 2.23. The van der Waals surface area contributed by atoms with Gasteiger partial charge in [0.05, 0.1) is 12.3 Å². The van der Waals surface area contributed by atoms with E-state index in [0.717, 1.165) is 25.0 Å². The summed E-state index contributed by atoms with van der Waals surface area (Å²) in [7, 11) is 1.67. The fourth-order valence-electron chi connectivity index (χ4n) is 2.38. The number of aryl methyl sites for hydroxylation is 1. The zero-order valence-electron chi connectivity index (χ0n) is 12.0. The van der Waals surface area contributed by atoms with Gasteiger partial charge in [-0.05, 0) is 44.0 Å². The summed E-state index contributed by atoms with van der Waals surface area (Å²) >= 11 is 5.23. The molecule has 108 valence electrons. The van der Waals surface area contributed by atoms with E-state index in [9.17, 15) is 0 Å². The highest BCUT2D eigenvalue weighted by Gasteiger charge is 2.14. The fraction of sp³-hybridized carbons (Fsp3) is 0.467. The Morgan fingerprint density at radius 2 is 2.20 bits per heavy atom. The first kappa shape index (κ1) is 14.9. The first-order chi connectivity index (χ1) is 9.70. The van der Waals surface area contributed by atoms with Gasteiger partial charge in [-0.3, -0.25) is 5.43 Å². The average Bonchev–Trinajstić information content (AvgIpc) is 2.45. The van der Waals surface area contributed by atoms with Crippen LogP contribution in [0.2, 0.25) is 0 Å². The molecule has 1 aromatic carbocycles. The first-order valence-corrected chi connectivity index (χ1v) is 7.32. The van der Waals surface area contributed by atoms with Crippen molar-refractivity contribution < 1.29 is 4.74 Å². The number of hydrogen-bond acceptors (Lipinski definition) is 3. The number of rotatable bonds is 4. The number of fused-ring (bicyclic) bond motifs is 1. The van der Waals surface area contributed by atoms with E-state index in [0.29, 0.717) is 11.7 Å². The van der Waals surface area contributed by atoms with Crippen molar-refractivity contribution in [2.24, 2.45) is 5.10 Å². The molecular weight excluding hydrogens is 270 g/mol. The standard InChI is InChI=1S/C15H21N3OS/c1-11(10-19-2)16-15(20)18-17-14-9-5-7-12-6-3-4-8-13(12)14/h3-4,6,8,11H,5,7,9-10H2,1-2H3,(H2,16,18,20)/b17-14-/t11-/m0/s1. The Hall–Kier alpha value is -1.46. The van der Waals surface area contributed by atoms with Crippen molar-refractivity contribution in [1.29, 1.82) is 0 Å². The summed E-state index contributed by atoms with van der Waals surface area (Å²) in [6.45, 7) is 2.63. The van der Waals surface area contributed by atoms with Crippen molar-refractivity contribution in [2.45, 2.75) is 32.2 Å². The molecule has 1 aromatic rings. The molecule has 0 spiro atoms. The van der Waals surface area contributed by atoms with Crippen LogP contribution in [-0.4, -0.2) is 30.6 Å². The minimum atomic E-state index is 0.166. The van der Waals surface area contributed by atoms with Gasteiger partial charge in [-0.25, -0.2) is 0 Å². The topological polar surface area (TPSA) is 45.6 Å². The minimum Gasteiger partial charge on any atom is -0.383 e. The van der Waals surface area contributed by atoms with Crippen LogP contribution in [0, 0.1) is 0 Å². The number of ether oxygens (including phenoxy) is 1. The molecule has 1 atom stereocenters. The van der Waals surface area contributed by atoms with Gasteiger partial charge in [-0.1, -0.05) is 24.3 Å². The van der Waals surface area contributed by atoms with Crippen molar-refractivity contribution in [3.8, 4) is 0 Å². The van der Waals surface area contributed by atoms with E-state index in [1.807, 2.05) is 6.92 Å². The fourth-order valence-corrected chi connectivity index (χ4v) is 2.63. The van der Waals surface area contributed by atoms with Gasteiger partial charge in [0.25, 0.3) is 0 Å². The van der Waals surface area contributed by atoms with Crippen LogP contribution >= 0.6 is 12.2 Å². The van der Waals surface area contributed by atoms with Crippen molar-refractivity contribution >= 4 is 23.0 Å². The number of methoxy groups -OCH3 is 1. The molecule has 1 aliphatic carbocycles. The Morgan fingerprint density at radius 1 is 1.40 bits per heavy atom. The molecule has 1 aliphatic rings. The van der Waals surface area contributed by atoms with Crippen LogP contribution in [0.15, 0.2) is 29.4 Å². The van der Waals surface area contributed by atoms with Crippen LogP contribution in [0.1, 0.15) is 30.9 Å². The first-order valence-electron chi connectivity index (χ1n) is 6.91. The van der Waals surface area contributed by atoms with Gasteiger partial charge in [-0.2, -0.15) is 5.10 Å². The zero-order valence-corrected chi connectivity index (χ0v) is 12.8. The Morgan fingerprint density at radius 3 is 3.00 bits per heavy atom. The highest BCUT2D eigenvalue weighted by Crippen LogP contribution is 2.20. The van der Waals surface area contributed by atoms with E-state index in [-0.39, 0.29) is 6.04 Å². The molecule has 4 nitrogen and oxygen atoms in total. The molecule has 0 amide bonds. The molecule has 5 heteroatoms. The van der Waals surface area contributed by atoms with E-state index in [1.165, 1.54) is 11.1 Å². The Bertz CT molecular complexity index is 502. The summed E-state index contributed by atoms with van der Waals surface area (Å²) in [5.41, 5.74) is 6.62. The molecule has 0 bridgehead atoms. The van der Waals surface area contributed by atoms with E-state index < -0.39 is 0 Å². The number of nitrogens with zero attached hydrogens (tertiary/aromatic N) is 1. The molecule has 0 fully saturated rings. The van der Waals surface area contributed by atoms with Crippen molar-refractivity contribution in [2.75, 3.05) is 13.7 Å². The smallest absolute Gasteiger partial charge is 0.187 e. The second-order valence-corrected chi connectivity index (χ2v) is 5.42. The van der Waals surface area contributed by atoms with Gasteiger partial charge in [0.1, 0.15) is 0 Å². The van der Waals surface area contributed by atoms with E-state index >= 15 is 0 Å². The molecule has 0 saturated carbocycles. The van der Waals surface area contributed by atoms with Gasteiger partial charge in [0, 0.05) is 18.7 Å². The Balaban J connectivity index is 1.97. The minimum absolute atomic E-state index is 0.166. The quantitative estimate of drug-likeness (QED) is 0.659. The summed E-state index contributed by atoms with van der Waals surface area (Å²) in [5, 5.41) is 8.12. The molecule has 0 heterocycles. The predicted molar refractivity (Wildman–Crippen MR) is 86.1 cm³/mol. The lowest BCUT2D eigenvalue weighted by atomic mass is 9.90. The lowest BCUT2D eigenvalue weighted by Gasteiger charge is -2.18. The van der Waals surface area contributed by atoms with Gasteiger partial charge in [-0.15, -0.1) is 0 Å². The maximum Gasteiger partial charge on any atom is 0.187 e. The monoisotopic (exact) mass is 291 g/mol. The van der Waals surface area contributed by atoms with Crippen LogP contribution in [0.3, 0.4) is 0 Å². The number of thiocarbonyl (C=S) groups is 1. The van der Waals surface area contributed by atoms with E-state index in [4.69, 9.17) is 17.0 Å². The highest BCUT2D eigenvalue weighted by molar-refractivity contribution is 7.80. The second-order valence-electron chi connectivity index (χ2n) is 5.01. The van der Waals surface area contributed by atoms with Crippen molar-refractivity contribution in [1.82, 2.24) is 10.7 Å². The third-order valence-corrected chi connectivity index (χ3v) is 3.48. The number of nitrogens with one attached hydrogen (secondary N) is 2. The Kier molecular flexibility index (Phi) is 5.49. The maximum atomic E-state index is 5.23. The van der Waals surface area contributed by atoms with Crippen molar-refractivity contribution in [3.63, 3.8) is 0 Å². The molecular formula is C15H21N3OS. The summed E-state index contributed by atoms with van der Waals surface area (Å²) in [6.07, 6.45) is 3.25. The average molecular weight is 291 g/mol. The largest absolute Gasteiger partial charge is 0.383 e. The van der Waals surface area contributed by atoms with Crippen LogP contribution in [-0.2, 0) is 11.2 Å². The van der Waals surface area contributed by atoms with Crippen LogP contribution in [0.25, 0.3) is 0 Å². The highest BCUT2D eigenvalue weighted by atomic mass is 32.1.